The van der Waals surface area contributed by atoms with E-state index >= 15 is 0 Å². The fourth-order valence-electron chi connectivity index (χ4n) is 3.44. The maximum Gasteiger partial charge on any atom is 0.226 e. The minimum Gasteiger partial charge on any atom is -0.507 e. The number of hydrogen-bond donors (Lipinski definition) is 2. The number of aromatic nitrogens is 1. The Morgan fingerprint density at radius 2 is 1.58 bits per heavy atom. The van der Waals surface area contributed by atoms with Gasteiger partial charge < -0.3 is 19.6 Å². The van der Waals surface area contributed by atoms with E-state index in [4.69, 9.17) is 20.8 Å². The first kappa shape index (κ1) is 31.8. The summed E-state index contributed by atoms with van der Waals surface area (Å²) < 4.78 is 11.6. The number of halogens is 2. The van der Waals surface area contributed by atoms with Crippen LogP contribution in [-0.4, -0.2) is 30.3 Å². The third kappa shape index (κ3) is 8.72. The number of benzene rings is 2. The van der Waals surface area contributed by atoms with Gasteiger partial charge in [-0.2, -0.15) is 0 Å². The van der Waals surface area contributed by atoms with Gasteiger partial charge in [0.2, 0.25) is 5.89 Å². The van der Waals surface area contributed by atoms with Crippen molar-refractivity contribution in [3.05, 3.63) is 64.0 Å². The molecule has 0 spiro atoms. The lowest BCUT2D eigenvalue weighted by Crippen LogP contribution is -2.17. The van der Waals surface area contributed by atoms with Crippen molar-refractivity contribution in [3.63, 3.8) is 0 Å². The molecule has 0 saturated heterocycles. The van der Waals surface area contributed by atoms with Gasteiger partial charge >= 0.3 is 0 Å². The Balaban J connectivity index is 0.00000120. The molecule has 1 aromatic heterocycles. The van der Waals surface area contributed by atoms with E-state index < -0.39 is 0 Å². The van der Waals surface area contributed by atoms with E-state index in [2.05, 4.69) is 58.8 Å². The van der Waals surface area contributed by atoms with Gasteiger partial charge in [-0.3, -0.25) is 0 Å². The summed E-state index contributed by atoms with van der Waals surface area (Å²) in [6.07, 6.45) is 2.26. The van der Waals surface area contributed by atoms with Gasteiger partial charge in [0, 0.05) is 23.1 Å². The largest absolute Gasteiger partial charge is 0.507 e. The predicted octanol–water partition coefficient (Wildman–Crippen LogP) is 7.87. The highest BCUT2D eigenvalue weighted by molar-refractivity contribution is 6.32. The molecule has 0 radical (unpaired) electrons. The molecule has 7 heteroatoms. The quantitative estimate of drug-likeness (QED) is 0.335. The molecular formula is C29H42Cl2N2O3. The van der Waals surface area contributed by atoms with Crippen molar-refractivity contribution in [3.8, 4) is 23.0 Å². The molecule has 2 N–H and O–H groups in total. The van der Waals surface area contributed by atoms with E-state index in [0.29, 0.717) is 35.4 Å². The van der Waals surface area contributed by atoms with Crippen molar-refractivity contribution in [2.24, 2.45) is 0 Å². The molecule has 3 rings (SSSR count). The van der Waals surface area contributed by atoms with Gasteiger partial charge in [0.1, 0.15) is 17.8 Å². The molecule has 0 fully saturated rings. The van der Waals surface area contributed by atoms with Gasteiger partial charge in [0.15, 0.2) is 0 Å². The lowest BCUT2D eigenvalue weighted by molar-refractivity contribution is 0.320. The molecule has 0 unspecified atom stereocenters. The fraction of sp³-hybridized carbons (Fsp3) is 0.483. The second kappa shape index (κ2) is 13.4. The van der Waals surface area contributed by atoms with Gasteiger partial charge in [-0.15, -0.1) is 12.4 Å². The highest BCUT2D eigenvalue weighted by Crippen LogP contribution is 2.41. The average Bonchev–Trinajstić information content (AvgIpc) is 3.23. The standard InChI is InChI=1S/C26H32ClNO3.C3H9N.ClH/c1-16-8-9-22(21(27)12-16)30-11-10-18-15-31-24(28-18)17-13-19(25(2,3)4)23(29)20(14-17)26(5,6)7;1-3-4-2;/h8-9,12-15,29H,10-11H2,1-7H3;4H,3H2,1-2H3;1H. The molecule has 2 aromatic carbocycles. The zero-order chi connectivity index (χ0) is 26.4. The number of aromatic hydroxyl groups is 1. The first-order chi connectivity index (χ1) is 16.3. The number of phenols is 1. The fourth-order valence-corrected chi connectivity index (χ4v) is 3.73. The normalized spacial score (nSPS) is 11.4. The first-order valence-corrected chi connectivity index (χ1v) is 12.5. The molecule has 1 heterocycles. The smallest absolute Gasteiger partial charge is 0.226 e. The first-order valence-electron chi connectivity index (χ1n) is 12.1. The van der Waals surface area contributed by atoms with Crippen LogP contribution >= 0.6 is 24.0 Å². The highest BCUT2D eigenvalue weighted by atomic mass is 35.5. The predicted molar refractivity (Wildman–Crippen MR) is 153 cm³/mol. The maximum atomic E-state index is 10.9. The van der Waals surface area contributed by atoms with Crippen LogP contribution in [0.2, 0.25) is 5.02 Å². The molecule has 200 valence electrons. The number of phenolic OH excluding ortho intramolecular Hbond substituents is 1. The second-order valence-electron chi connectivity index (χ2n) is 10.8. The van der Waals surface area contributed by atoms with Gasteiger partial charge in [0.05, 0.1) is 17.3 Å². The monoisotopic (exact) mass is 536 g/mol. The zero-order valence-corrected chi connectivity index (χ0v) is 24.7. The van der Waals surface area contributed by atoms with Crippen molar-refractivity contribution < 1.29 is 14.3 Å². The number of nitrogens with zero attached hydrogens (tertiary/aromatic N) is 1. The number of hydrogen-bond acceptors (Lipinski definition) is 5. The van der Waals surface area contributed by atoms with Crippen LogP contribution in [0.1, 0.15) is 70.9 Å². The van der Waals surface area contributed by atoms with Crippen molar-refractivity contribution in [1.82, 2.24) is 10.3 Å². The molecule has 0 saturated carbocycles. The minimum absolute atomic E-state index is 0. The molecule has 0 bridgehead atoms. The summed E-state index contributed by atoms with van der Waals surface area (Å²) in [5.41, 5.74) is 4.10. The van der Waals surface area contributed by atoms with Gasteiger partial charge in [0.25, 0.3) is 0 Å². The van der Waals surface area contributed by atoms with Crippen LogP contribution in [0.15, 0.2) is 41.0 Å². The Kier molecular flexibility index (Phi) is 11.8. The molecular weight excluding hydrogens is 495 g/mol. The summed E-state index contributed by atoms with van der Waals surface area (Å²) in [5, 5.41) is 14.5. The van der Waals surface area contributed by atoms with Gasteiger partial charge in [-0.05, 0) is 61.2 Å². The molecule has 5 nitrogen and oxygen atoms in total. The van der Waals surface area contributed by atoms with Crippen molar-refractivity contribution in [2.45, 2.75) is 72.6 Å². The Morgan fingerprint density at radius 3 is 2.06 bits per heavy atom. The summed E-state index contributed by atoms with van der Waals surface area (Å²) in [5.74, 6) is 1.55. The molecule has 0 aliphatic carbocycles. The summed E-state index contributed by atoms with van der Waals surface area (Å²) in [6.45, 7) is 18.1. The molecule has 0 atom stereocenters. The highest BCUT2D eigenvalue weighted by Gasteiger charge is 2.27. The maximum absolute atomic E-state index is 10.9. The zero-order valence-electron chi connectivity index (χ0n) is 23.1. The summed E-state index contributed by atoms with van der Waals surface area (Å²) >= 11 is 6.23. The summed E-state index contributed by atoms with van der Waals surface area (Å²) in [4.78, 5) is 4.66. The van der Waals surface area contributed by atoms with Crippen molar-refractivity contribution in [2.75, 3.05) is 20.2 Å². The van der Waals surface area contributed by atoms with Crippen LogP contribution in [0.4, 0.5) is 0 Å². The van der Waals surface area contributed by atoms with Crippen LogP contribution in [0.3, 0.4) is 0 Å². The minimum atomic E-state index is -0.212. The lowest BCUT2D eigenvalue weighted by atomic mass is 9.78. The van der Waals surface area contributed by atoms with E-state index in [9.17, 15) is 5.11 Å². The number of rotatable bonds is 6. The molecule has 36 heavy (non-hydrogen) atoms. The Morgan fingerprint density at radius 1 is 1.03 bits per heavy atom. The number of ether oxygens (including phenoxy) is 1. The molecule has 0 aliphatic heterocycles. The third-order valence-corrected chi connectivity index (χ3v) is 5.88. The Hall–Kier alpha value is -2.21. The average molecular weight is 538 g/mol. The third-order valence-electron chi connectivity index (χ3n) is 5.58. The molecule has 0 amide bonds. The summed E-state index contributed by atoms with van der Waals surface area (Å²) in [6, 6.07) is 9.69. The van der Waals surface area contributed by atoms with Crippen LogP contribution in [0.5, 0.6) is 11.5 Å². The van der Waals surface area contributed by atoms with Gasteiger partial charge in [-0.25, -0.2) is 4.98 Å². The number of oxazole rings is 1. The molecule has 0 aliphatic rings. The van der Waals surface area contributed by atoms with Crippen LogP contribution in [-0.2, 0) is 17.3 Å². The molecule has 3 aromatic rings. The van der Waals surface area contributed by atoms with Crippen LogP contribution in [0.25, 0.3) is 11.5 Å². The van der Waals surface area contributed by atoms with Gasteiger partial charge in [-0.1, -0.05) is 66.1 Å². The second-order valence-corrected chi connectivity index (χ2v) is 11.2. The van der Waals surface area contributed by atoms with E-state index in [0.717, 1.165) is 34.5 Å². The SMILES string of the molecule is CCNC.Cc1ccc(OCCc2coc(-c3cc(C(C)(C)C)c(O)c(C(C)(C)C)c3)n2)c(Cl)c1.Cl. The Bertz CT molecular complexity index is 1080. The number of nitrogens with one attached hydrogen (secondary N) is 1. The van der Waals surface area contributed by atoms with Crippen LogP contribution in [0, 0.1) is 6.92 Å². The van der Waals surface area contributed by atoms with Crippen molar-refractivity contribution >= 4 is 24.0 Å². The van der Waals surface area contributed by atoms with Crippen LogP contribution < -0.4 is 10.1 Å². The van der Waals surface area contributed by atoms with E-state index in [1.807, 2.05) is 44.3 Å². The topological polar surface area (TPSA) is 67.5 Å². The Labute approximate surface area is 228 Å². The van der Waals surface area contributed by atoms with E-state index in [1.54, 1.807) is 6.26 Å². The van der Waals surface area contributed by atoms with E-state index in [1.165, 1.54) is 0 Å². The summed E-state index contributed by atoms with van der Waals surface area (Å²) in [7, 11) is 1.93. The lowest BCUT2D eigenvalue weighted by Gasteiger charge is -2.27. The van der Waals surface area contributed by atoms with E-state index in [-0.39, 0.29) is 23.2 Å². The van der Waals surface area contributed by atoms with Crippen molar-refractivity contribution in [1.29, 1.82) is 0 Å². The number of aryl methyl sites for hydroxylation is 1.